The average molecular weight is 271 g/mol. The van der Waals surface area contributed by atoms with Crippen LogP contribution >= 0.6 is 27.3 Å². The van der Waals surface area contributed by atoms with Crippen molar-refractivity contribution >= 4 is 43.3 Å². The number of halogens is 1. The van der Waals surface area contributed by atoms with Gasteiger partial charge >= 0.3 is 5.97 Å². The number of thiophene rings is 1. The summed E-state index contributed by atoms with van der Waals surface area (Å²) in [6, 6.07) is 5.68. The van der Waals surface area contributed by atoms with E-state index in [1.165, 1.54) is 7.11 Å². The van der Waals surface area contributed by atoms with Gasteiger partial charge in [-0.1, -0.05) is 0 Å². The molecule has 2 aromatic rings. The average Bonchev–Trinajstić information content (AvgIpc) is 2.66. The minimum Gasteiger partial charge on any atom is -0.465 e. The summed E-state index contributed by atoms with van der Waals surface area (Å²) >= 11 is 5.06. The number of hydrogen-bond acceptors (Lipinski definition) is 3. The molecule has 4 heteroatoms. The Hall–Kier alpha value is -0.870. The fraction of sp³-hybridized carbons (Fsp3) is 0.100. The lowest BCUT2D eigenvalue weighted by Crippen LogP contribution is -2.01. The van der Waals surface area contributed by atoms with Crippen LogP contribution in [0.5, 0.6) is 0 Å². The minimum absolute atomic E-state index is 0.315. The lowest BCUT2D eigenvalue weighted by molar-refractivity contribution is 0.0600. The van der Waals surface area contributed by atoms with E-state index in [9.17, 15) is 4.79 Å². The Kier molecular flexibility index (Phi) is 2.56. The van der Waals surface area contributed by atoms with E-state index in [-0.39, 0.29) is 5.97 Å². The van der Waals surface area contributed by atoms with E-state index in [0.717, 1.165) is 14.6 Å². The molecule has 0 bridgehead atoms. The van der Waals surface area contributed by atoms with Crippen molar-refractivity contribution in [1.82, 2.24) is 0 Å². The Bertz CT molecular complexity index is 490. The molecular formula is C10H7BrO2S. The number of fused-ring (bicyclic) bond motifs is 1. The quantitative estimate of drug-likeness (QED) is 0.742. The lowest BCUT2D eigenvalue weighted by atomic mass is 10.2. The molecule has 0 aliphatic rings. The molecule has 0 aliphatic carbocycles. The van der Waals surface area contributed by atoms with Gasteiger partial charge in [0.25, 0.3) is 0 Å². The predicted molar refractivity (Wildman–Crippen MR) is 60.9 cm³/mol. The van der Waals surface area contributed by atoms with Crippen LogP contribution in [-0.4, -0.2) is 13.1 Å². The van der Waals surface area contributed by atoms with E-state index in [1.54, 1.807) is 17.4 Å². The van der Waals surface area contributed by atoms with Crippen molar-refractivity contribution in [2.75, 3.05) is 7.11 Å². The molecule has 72 valence electrons. The fourth-order valence-electron chi connectivity index (χ4n) is 1.28. The van der Waals surface area contributed by atoms with Gasteiger partial charge in [0.1, 0.15) is 0 Å². The van der Waals surface area contributed by atoms with Gasteiger partial charge in [0, 0.05) is 14.6 Å². The van der Waals surface area contributed by atoms with Crippen molar-refractivity contribution in [3.05, 3.63) is 33.6 Å². The van der Waals surface area contributed by atoms with E-state index in [1.807, 2.05) is 17.5 Å². The molecule has 14 heavy (non-hydrogen) atoms. The molecule has 1 aromatic carbocycles. The van der Waals surface area contributed by atoms with Gasteiger partial charge in [-0.05, 0) is 39.5 Å². The summed E-state index contributed by atoms with van der Waals surface area (Å²) in [5, 5.41) is 3.05. The Morgan fingerprint density at radius 3 is 2.93 bits per heavy atom. The number of carbonyl (C=O) groups is 1. The zero-order valence-corrected chi connectivity index (χ0v) is 9.81. The Morgan fingerprint density at radius 1 is 1.43 bits per heavy atom. The third-order valence-corrected chi connectivity index (χ3v) is 3.71. The van der Waals surface area contributed by atoms with Gasteiger partial charge in [-0.15, -0.1) is 11.3 Å². The van der Waals surface area contributed by atoms with Crippen LogP contribution < -0.4 is 0 Å². The highest BCUT2D eigenvalue weighted by atomic mass is 79.9. The summed E-state index contributed by atoms with van der Waals surface area (Å²) in [6.07, 6.45) is 0. The van der Waals surface area contributed by atoms with E-state index >= 15 is 0 Å². The molecule has 0 radical (unpaired) electrons. The maximum absolute atomic E-state index is 11.4. The van der Waals surface area contributed by atoms with Gasteiger partial charge < -0.3 is 4.74 Å². The molecule has 0 amide bonds. The molecule has 1 heterocycles. The minimum atomic E-state index is -0.315. The molecule has 0 spiro atoms. The molecule has 1 aromatic heterocycles. The van der Waals surface area contributed by atoms with E-state index < -0.39 is 0 Å². The van der Waals surface area contributed by atoms with Gasteiger partial charge in [0.05, 0.1) is 12.7 Å². The van der Waals surface area contributed by atoms with Crippen molar-refractivity contribution in [1.29, 1.82) is 0 Å². The summed E-state index contributed by atoms with van der Waals surface area (Å²) in [5.41, 5.74) is 0.568. The van der Waals surface area contributed by atoms with Gasteiger partial charge in [0.15, 0.2) is 0 Å². The van der Waals surface area contributed by atoms with Crippen molar-refractivity contribution in [2.24, 2.45) is 0 Å². The van der Waals surface area contributed by atoms with Gasteiger partial charge in [-0.25, -0.2) is 4.79 Å². The van der Waals surface area contributed by atoms with Crippen LogP contribution in [0.4, 0.5) is 0 Å². The molecule has 2 nitrogen and oxygen atoms in total. The second kappa shape index (κ2) is 3.71. The van der Waals surface area contributed by atoms with Crippen LogP contribution in [-0.2, 0) is 4.74 Å². The second-order valence-corrected chi connectivity index (χ2v) is 4.49. The molecule has 0 atom stereocenters. The Labute approximate surface area is 93.6 Å². The maximum Gasteiger partial charge on any atom is 0.339 e. The first-order chi connectivity index (χ1) is 6.74. The van der Waals surface area contributed by atoms with Crippen LogP contribution in [0, 0.1) is 0 Å². The van der Waals surface area contributed by atoms with Crippen molar-refractivity contribution in [3.63, 3.8) is 0 Å². The number of rotatable bonds is 1. The largest absolute Gasteiger partial charge is 0.465 e. The Morgan fingerprint density at radius 2 is 2.21 bits per heavy atom. The number of hydrogen-bond donors (Lipinski definition) is 0. The third kappa shape index (κ3) is 1.44. The number of carbonyl (C=O) groups excluding carboxylic acids is 1. The maximum atomic E-state index is 11.4. The first kappa shape index (κ1) is 9.68. The van der Waals surface area contributed by atoms with Crippen LogP contribution in [0.1, 0.15) is 10.4 Å². The summed E-state index contributed by atoms with van der Waals surface area (Å²) < 4.78 is 6.64. The molecule has 0 N–H and O–H groups in total. The van der Waals surface area contributed by atoms with Gasteiger partial charge in [-0.2, -0.15) is 0 Å². The first-order valence-corrected chi connectivity index (χ1v) is 5.65. The predicted octanol–water partition coefficient (Wildman–Crippen LogP) is 3.45. The van der Waals surface area contributed by atoms with Gasteiger partial charge in [-0.3, -0.25) is 0 Å². The number of methoxy groups -OCH3 is 1. The summed E-state index contributed by atoms with van der Waals surface area (Å²) in [6.45, 7) is 0. The standard InChI is InChI=1S/C10H7BrO2S/c1-13-10(12)7-2-3-8-6(9(7)11)4-5-14-8/h2-5H,1H3. The molecule has 0 unspecified atom stereocenters. The van der Waals surface area contributed by atoms with Crippen LogP contribution in [0.25, 0.3) is 10.1 Å². The smallest absolute Gasteiger partial charge is 0.339 e. The molecule has 0 aliphatic heterocycles. The number of ether oxygens (including phenoxy) is 1. The highest BCUT2D eigenvalue weighted by Crippen LogP contribution is 2.31. The zero-order chi connectivity index (χ0) is 10.1. The zero-order valence-electron chi connectivity index (χ0n) is 7.41. The van der Waals surface area contributed by atoms with Crippen molar-refractivity contribution < 1.29 is 9.53 Å². The summed E-state index contributed by atoms with van der Waals surface area (Å²) in [5.74, 6) is -0.315. The monoisotopic (exact) mass is 270 g/mol. The molecule has 2 rings (SSSR count). The molecule has 0 saturated carbocycles. The second-order valence-electron chi connectivity index (χ2n) is 2.75. The first-order valence-electron chi connectivity index (χ1n) is 3.98. The Balaban J connectivity index is 2.67. The topological polar surface area (TPSA) is 26.3 Å². The van der Waals surface area contributed by atoms with E-state index in [0.29, 0.717) is 5.56 Å². The van der Waals surface area contributed by atoms with Crippen LogP contribution in [0.2, 0.25) is 0 Å². The summed E-state index contributed by atoms with van der Waals surface area (Å²) in [7, 11) is 1.38. The normalized spacial score (nSPS) is 10.4. The third-order valence-electron chi connectivity index (χ3n) is 1.97. The fourth-order valence-corrected chi connectivity index (χ4v) is 2.84. The van der Waals surface area contributed by atoms with Crippen molar-refractivity contribution in [2.45, 2.75) is 0 Å². The van der Waals surface area contributed by atoms with E-state index in [2.05, 4.69) is 20.7 Å². The summed E-state index contributed by atoms with van der Waals surface area (Å²) in [4.78, 5) is 11.4. The van der Waals surface area contributed by atoms with Crippen LogP contribution in [0.3, 0.4) is 0 Å². The van der Waals surface area contributed by atoms with Gasteiger partial charge in [0.2, 0.25) is 0 Å². The number of benzene rings is 1. The van der Waals surface area contributed by atoms with Crippen molar-refractivity contribution in [3.8, 4) is 0 Å². The molecular weight excluding hydrogens is 264 g/mol. The highest BCUT2D eigenvalue weighted by molar-refractivity contribution is 9.10. The van der Waals surface area contributed by atoms with Crippen LogP contribution in [0.15, 0.2) is 28.1 Å². The number of esters is 1. The SMILES string of the molecule is COC(=O)c1ccc2sccc2c1Br. The molecule has 0 fully saturated rings. The molecule has 0 saturated heterocycles. The lowest BCUT2D eigenvalue weighted by Gasteiger charge is -2.02. The van der Waals surface area contributed by atoms with E-state index in [4.69, 9.17) is 0 Å². The highest BCUT2D eigenvalue weighted by Gasteiger charge is 2.12.